The minimum Gasteiger partial charge on any atom is -0.493 e. The van der Waals surface area contributed by atoms with Crippen LogP contribution in [0.5, 0.6) is 5.75 Å². The summed E-state index contributed by atoms with van der Waals surface area (Å²) in [5.41, 5.74) is 6.33. The Morgan fingerprint density at radius 2 is 2.00 bits per heavy atom. The molecule has 104 valence electrons. The number of piperidine rings is 1. The van der Waals surface area contributed by atoms with E-state index in [1.54, 1.807) is 0 Å². The molecule has 19 heavy (non-hydrogen) atoms. The van der Waals surface area contributed by atoms with Crippen LogP contribution in [0.2, 0.25) is 0 Å². The van der Waals surface area contributed by atoms with E-state index < -0.39 is 0 Å². The molecule has 0 saturated carbocycles. The van der Waals surface area contributed by atoms with Crippen molar-refractivity contribution >= 4 is 0 Å². The standard InChI is InChI=1S/C16H24N2O/c1-13-7-5-8-14-15(9-6-12-19-16(13)14)17-18-10-3-2-4-11-18/h5,7-8,15,17H,2-4,6,9-12H2,1H3. The SMILES string of the molecule is Cc1cccc2c1OCCCC2NN1CCCCC1. The fourth-order valence-electron chi connectivity index (χ4n) is 3.14. The van der Waals surface area contributed by atoms with Gasteiger partial charge in [0.05, 0.1) is 12.6 Å². The van der Waals surface area contributed by atoms with E-state index in [9.17, 15) is 0 Å². The lowest BCUT2D eigenvalue weighted by Crippen LogP contribution is -2.43. The van der Waals surface area contributed by atoms with Crippen LogP contribution in [-0.2, 0) is 0 Å². The van der Waals surface area contributed by atoms with E-state index >= 15 is 0 Å². The van der Waals surface area contributed by atoms with Crippen molar-refractivity contribution in [2.45, 2.75) is 45.1 Å². The van der Waals surface area contributed by atoms with E-state index in [4.69, 9.17) is 4.74 Å². The summed E-state index contributed by atoms with van der Waals surface area (Å²) in [5.74, 6) is 1.11. The van der Waals surface area contributed by atoms with Gasteiger partial charge in [0.1, 0.15) is 5.75 Å². The molecule has 0 spiro atoms. The van der Waals surface area contributed by atoms with E-state index in [-0.39, 0.29) is 0 Å². The zero-order valence-corrected chi connectivity index (χ0v) is 11.8. The molecule has 1 aromatic rings. The van der Waals surface area contributed by atoms with Crippen LogP contribution in [0.15, 0.2) is 18.2 Å². The molecule has 1 fully saturated rings. The molecule has 3 rings (SSSR count). The summed E-state index contributed by atoms with van der Waals surface area (Å²) in [7, 11) is 0. The Kier molecular flexibility index (Phi) is 4.04. The summed E-state index contributed by atoms with van der Waals surface area (Å²) in [6, 6.07) is 6.92. The number of benzene rings is 1. The van der Waals surface area contributed by atoms with Gasteiger partial charge < -0.3 is 4.74 Å². The molecular formula is C16H24N2O. The van der Waals surface area contributed by atoms with Gasteiger partial charge in [-0.1, -0.05) is 24.6 Å². The summed E-state index contributed by atoms with van der Waals surface area (Å²) in [5, 5.41) is 2.41. The number of rotatable bonds is 2. The Bertz CT molecular complexity index is 427. The first-order valence-corrected chi connectivity index (χ1v) is 7.58. The first-order chi connectivity index (χ1) is 9.34. The monoisotopic (exact) mass is 260 g/mol. The number of hydrogen-bond donors (Lipinski definition) is 1. The maximum Gasteiger partial charge on any atom is 0.127 e. The van der Waals surface area contributed by atoms with Crippen molar-refractivity contribution in [2.24, 2.45) is 0 Å². The second kappa shape index (κ2) is 5.93. The predicted molar refractivity (Wildman–Crippen MR) is 77.2 cm³/mol. The minimum atomic E-state index is 0.412. The van der Waals surface area contributed by atoms with Gasteiger partial charge in [-0.15, -0.1) is 0 Å². The normalized spacial score (nSPS) is 24.4. The van der Waals surface area contributed by atoms with Crippen molar-refractivity contribution in [1.82, 2.24) is 10.4 Å². The second-order valence-electron chi connectivity index (χ2n) is 5.71. The number of fused-ring (bicyclic) bond motifs is 1. The van der Waals surface area contributed by atoms with E-state index in [1.807, 2.05) is 0 Å². The molecule has 2 heterocycles. The van der Waals surface area contributed by atoms with Gasteiger partial charge in [-0.3, -0.25) is 0 Å². The zero-order chi connectivity index (χ0) is 13.1. The fourth-order valence-corrected chi connectivity index (χ4v) is 3.14. The van der Waals surface area contributed by atoms with Gasteiger partial charge in [0.25, 0.3) is 0 Å². The molecule has 0 bridgehead atoms. The number of aryl methyl sites for hydroxylation is 1. The molecule has 0 aromatic heterocycles. The molecule has 0 radical (unpaired) electrons. The van der Waals surface area contributed by atoms with Gasteiger partial charge in [-0.2, -0.15) is 0 Å². The Labute approximate surface area is 115 Å². The summed E-state index contributed by atoms with van der Waals surface area (Å²) in [6.45, 7) is 5.34. The van der Waals surface area contributed by atoms with Crippen molar-refractivity contribution in [2.75, 3.05) is 19.7 Å². The van der Waals surface area contributed by atoms with Crippen molar-refractivity contribution < 1.29 is 4.74 Å². The highest BCUT2D eigenvalue weighted by atomic mass is 16.5. The summed E-state index contributed by atoms with van der Waals surface area (Å²) in [4.78, 5) is 0. The molecule has 2 aliphatic heterocycles. The third kappa shape index (κ3) is 2.93. The second-order valence-corrected chi connectivity index (χ2v) is 5.71. The molecule has 0 aliphatic carbocycles. The Morgan fingerprint density at radius 1 is 1.16 bits per heavy atom. The van der Waals surface area contributed by atoms with Crippen LogP contribution in [0.4, 0.5) is 0 Å². The predicted octanol–water partition coefficient (Wildman–Crippen LogP) is 3.20. The van der Waals surface area contributed by atoms with E-state index in [0.29, 0.717) is 6.04 Å². The first-order valence-electron chi connectivity index (χ1n) is 7.58. The van der Waals surface area contributed by atoms with Gasteiger partial charge in [0, 0.05) is 18.7 Å². The molecule has 1 N–H and O–H groups in total. The third-order valence-corrected chi connectivity index (χ3v) is 4.20. The van der Waals surface area contributed by atoms with Crippen molar-refractivity contribution in [1.29, 1.82) is 0 Å². The Hall–Kier alpha value is -1.06. The Balaban J connectivity index is 1.79. The number of ether oxygens (including phenoxy) is 1. The van der Waals surface area contributed by atoms with Gasteiger partial charge in [0.2, 0.25) is 0 Å². The highest BCUT2D eigenvalue weighted by Crippen LogP contribution is 2.34. The van der Waals surface area contributed by atoms with Crippen molar-refractivity contribution in [3.8, 4) is 5.75 Å². The van der Waals surface area contributed by atoms with Crippen molar-refractivity contribution in [3.05, 3.63) is 29.3 Å². The Morgan fingerprint density at radius 3 is 2.84 bits per heavy atom. The van der Waals surface area contributed by atoms with E-state index in [2.05, 4.69) is 35.6 Å². The van der Waals surface area contributed by atoms with Crippen LogP contribution in [-0.4, -0.2) is 24.7 Å². The van der Waals surface area contributed by atoms with Crippen LogP contribution >= 0.6 is 0 Å². The molecule has 3 heteroatoms. The third-order valence-electron chi connectivity index (χ3n) is 4.20. The average Bonchev–Trinajstić information content (AvgIpc) is 2.64. The van der Waals surface area contributed by atoms with Crippen LogP contribution in [0.3, 0.4) is 0 Å². The molecular weight excluding hydrogens is 236 g/mol. The first kappa shape index (κ1) is 12.9. The lowest BCUT2D eigenvalue weighted by Gasteiger charge is -2.31. The summed E-state index contributed by atoms with van der Waals surface area (Å²) < 4.78 is 5.94. The topological polar surface area (TPSA) is 24.5 Å². The van der Waals surface area contributed by atoms with Crippen molar-refractivity contribution in [3.63, 3.8) is 0 Å². The molecule has 3 nitrogen and oxygen atoms in total. The molecule has 0 amide bonds. The van der Waals surface area contributed by atoms with Crippen LogP contribution < -0.4 is 10.2 Å². The maximum absolute atomic E-state index is 5.94. The van der Waals surface area contributed by atoms with Crippen LogP contribution in [0, 0.1) is 6.92 Å². The molecule has 1 aromatic carbocycles. The number of hydrazine groups is 1. The largest absolute Gasteiger partial charge is 0.493 e. The molecule has 2 aliphatic rings. The number of nitrogens with one attached hydrogen (secondary N) is 1. The average molecular weight is 260 g/mol. The van der Waals surface area contributed by atoms with E-state index in [1.165, 1.54) is 43.5 Å². The zero-order valence-electron chi connectivity index (χ0n) is 11.8. The highest BCUT2D eigenvalue weighted by molar-refractivity contribution is 5.43. The lowest BCUT2D eigenvalue weighted by atomic mass is 10.0. The number of hydrogen-bond acceptors (Lipinski definition) is 3. The van der Waals surface area contributed by atoms with Gasteiger partial charge in [0.15, 0.2) is 0 Å². The maximum atomic E-state index is 5.94. The van der Waals surface area contributed by atoms with Crippen LogP contribution in [0.1, 0.15) is 49.3 Å². The molecule has 1 saturated heterocycles. The summed E-state index contributed by atoms with van der Waals surface area (Å²) >= 11 is 0. The van der Waals surface area contributed by atoms with Gasteiger partial charge in [-0.25, -0.2) is 10.4 Å². The van der Waals surface area contributed by atoms with Crippen LogP contribution in [0.25, 0.3) is 0 Å². The summed E-state index contributed by atoms with van der Waals surface area (Å²) in [6.07, 6.45) is 6.29. The lowest BCUT2D eigenvalue weighted by molar-refractivity contribution is 0.125. The smallest absolute Gasteiger partial charge is 0.127 e. The fraction of sp³-hybridized carbons (Fsp3) is 0.625. The minimum absolute atomic E-state index is 0.412. The van der Waals surface area contributed by atoms with Gasteiger partial charge >= 0.3 is 0 Å². The van der Waals surface area contributed by atoms with Gasteiger partial charge in [-0.05, 0) is 38.2 Å². The number of para-hydroxylation sites is 1. The number of nitrogens with zero attached hydrogens (tertiary/aromatic N) is 1. The highest BCUT2D eigenvalue weighted by Gasteiger charge is 2.23. The molecule has 1 unspecified atom stereocenters. The van der Waals surface area contributed by atoms with E-state index in [0.717, 1.165) is 25.2 Å². The quantitative estimate of drug-likeness (QED) is 0.883. The molecule has 1 atom stereocenters.